The number of nitrogens with one attached hydrogen (secondary N) is 1. The number of ether oxygens (including phenoxy) is 1. The van der Waals surface area contributed by atoms with E-state index in [0.717, 1.165) is 35.5 Å². The zero-order valence-electron chi connectivity index (χ0n) is 15.2. The van der Waals surface area contributed by atoms with E-state index in [1.54, 1.807) is 11.6 Å². The Hall–Kier alpha value is -3.06. The summed E-state index contributed by atoms with van der Waals surface area (Å²) in [6.45, 7) is 2.89. The summed E-state index contributed by atoms with van der Waals surface area (Å²) < 4.78 is 8.47. The number of aromatic nitrogens is 2. The van der Waals surface area contributed by atoms with Crippen molar-refractivity contribution < 1.29 is 9.53 Å². The van der Waals surface area contributed by atoms with Crippen LogP contribution in [0.2, 0.25) is 0 Å². The van der Waals surface area contributed by atoms with Gasteiger partial charge < -0.3 is 15.0 Å². The van der Waals surface area contributed by atoms with Gasteiger partial charge in [0.25, 0.3) is 0 Å². The second kappa shape index (κ2) is 7.28. The van der Waals surface area contributed by atoms with Gasteiger partial charge in [0.2, 0.25) is 5.91 Å². The third-order valence-electron chi connectivity index (χ3n) is 4.88. The first-order valence-corrected chi connectivity index (χ1v) is 9.01. The van der Waals surface area contributed by atoms with E-state index in [1.807, 2.05) is 48.5 Å². The molecule has 7 heteroatoms. The molecule has 0 bridgehead atoms. The van der Waals surface area contributed by atoms with E-state index < -0.39 is 0 Å². The smallest absolute Gasteiger partial charge is 0.329 e. The molecule has 1 N–H and O–H groups in total. The number of rotatable bonds is 4. The quantitative estimate of drug-likeness (QED) is 0.765. The number of carbonyl (C=O) groups is 1. The van der Waals surface area contributed by atoms with Gasteiger partial charge >= 0.3 is 5.69 Å². The van der Waals surface area contributed by atoms with Crippen LogP contribution in [0.4, 0.5) is 11.4 Å². The zero-order chi connectivity index (χ0) is 18.8. The minimum Gasteiger partial charge on any atom is -0.378 e. The van der Waals surface area contributed by atoms with Crippen LogP contribution >= 0.6 is 0 Å². The van der Waals surface area contributed by atoms with Gasteiger partial charge in [0.1, 0.15) is 6.54 Å². The molecule has 1 fully saturated rings. The first-order chi connectivity index (χ1) is 13.1. The molecule has 7 nitrogen and oxygen atoms in total. The number of morpholine rings is 1. The van der Waals surface area contributed by atoms with Gasteiger partial charge in [0.05, 0.1) is 35.6 Å². The number of nitrogens with zero attached hydrogens (tertiary/aromatic N) is 3. The molecule has 0 aliphatic carbocycles. The Labute approximate surface area is 156 Å². The third kappa shape index (κ3) is 3.33. The molecular formula is C20H22N4O3. The molecule has 1 amide bonds. The van der Waals surface area contributed by atoms with E-state index in [2.05, 4.69) is 10.2 Å². The third-order valence-corrected chi connectivity index (χ3v) is 4.88. The van der Waals surface area contributed by atoms with Gasteiger partial charge in [-0.3, -0.25) is 13.9 Å². The molecule has 0 radical (unpaired) electrons. The highest BCUT2D eigenvalue weighted by molar-refractivity contribution is 5.95. The number of para-hydroxylation sites is 4. The van der Waals surface area contributed by atoms with Gasteiger partial charge in [-0.1, -0.05) is 24.3 Å². The van der Waals surface area contributed by atoms with Gasteiger partial charge in [-0.15, -0.1) is 0 Å². The maximum atomic E-state index is 12.7. The number of imidazole rings is 1. The normalized spacial score (nSPS) is 14.5. The van der Waals surface area contributed by atoms with Crippen LogP contribution in [0.5, 0.6) is 0 Å². The second-order valence-corrected chi connectivity index (χ2v) is 6.58. The van der Waals surface area contributed by atoms with Gasteiger partial charge in [0, 0.05) is 20.1 Å². The van der Waals surface area contributed by atoms with Crippen molar-refractivity contribution in [3.05, 3.63) is 59.0 Å². The van der Waals surface area contributed by atoms with E-state index in [9.17, 15) is 9.59 Å². The zero-order valence-corrected chi connectivity index (χ0v) is 15.2. The van der Waals surface area contributed by atoms with E-state index in [-0.39, 0.29) is 18.1 Å². The molecular weight excluding hydrogens is 344 g/mol. The Morgan fingerprint density at radius 2 is 1.70 bits per heavy atom. The van der Waals surface area contributed by atoms with Crippen molar-refractivity contribution in [2.75, 3.05) is 36.5 Å². The number of anilines is 2. The fourth-order valence-electron chi connectivity index (χ4n) is 3.51. The van der Waals surface area contributed by atoms with Crippen molar-refractivity contribution in [3.8, 4) is 0 Å². The first kappa shape index (κ1) is 17.4. The molecule has 1 aliphatic heterocycles. The molecule has 4 rings (SSSR count). The Bertz CT molecular complexity index is 1030. The number of fused-ring (bicyclic) bond motifs is 1. The maximum Gasteiger partial charge on any atom is 0.329 e. The van der Waals surface area contributed by atoms with Gasteiger partial charge in [-0.2, -0.15) is 0 Å². The summed E-state index contributed by atoms with van der Waals surface area (Å²) in [7, 11) is 1.72. The summed E-state index contributed by atoms with van der Waals surface area (Å²) in [6, 6.07) is 15.2. The van der Waals surface area contributed by atoms with Crippen molar-refractivity contribution in [2.45, 2.75) is 6.54 Å². The summed E-state index contributed by atoms with van der Waals surface area (Å²) in [5, 5.41) is 2.97. The molecule has 3 aromatic rings. The molecule has 1 saturated heterocycles. The highest BCUT2D eigenvalue weighted by Gasteiger charge is 2.17. The van der Waals surface area contributed by atoms with E-state index in [0.29, 0.717) is 13.2 Å². The largest absolute Gasteiger partial charge is 0.378 e. The van der Waals surface area contributed by atoms with Crippen molar-refractivity contribution >= 4 is 28.3 Å². The number of hydrogen-bond acceptors (Lipinski definition) is 4. The highest BCUT2D eigenvalue weighted by Crippen LogP contribution is 2.26. The molecule has 0 spiro atoms. The Morgan fingerprint density at radius 3 is 2.48 bits per heavy atom. The molecule has 2 heterocycles. The molecule has 0 atom stereocenters. The fraction of sp³-hybridized carbons (Fsp3) is 0.300. The SMILES string of the molecule is Cn1c(=O)n(CC(=O)Nc2ccccc2N2CCOCC2)c2ccccc21. The molecule has 0 saturated carbocycles. The van der Waals surface area contributed by atoms with Crippen LogP contribution in [-0.4, -0.2) is 41.3 Å². The van der Waals surface area contributed by atoms with Gasteiger partial charge in [-0.05, 0) is 24.3 Å². The lowest BCUT2D eigenvalue weighted by Crippen LogP contribution is -2.37. The van der Waals surface area contributed by atoms with Crippen LogP contribution in [-0.2, 0) is 23.1 Å². The lowest BCUT2D eigenvalue weighted by molar-refractivity contribution is -0.116. The fourth-order valence-corrected chi connectivity index (χ4v) is 3.51. The van der Waals surface area contributed by atoms with Crippen LogP contribution in [0.3, 0.4) is 0 Å². The lowest BCUT2D eigenvalue weighted by Gasteiger charge is -2.30. The summed E-state index contributed by atoms with van der Waals surface area (Å²) in [5.41, 5.74) is 3.08. The van der Waals surface area contributed by atoms with Gasteiger partial charge in [-0.25, -0.2) is 4.79 Å². The molecule has 140 valence electrons. The molecule has 2 aromatic carbocycles. The van der Waals surface area contributed by atoms with E-state index >= 15 is 0 Å². The monoisotopic (exact) mass is 366 g/mol. The number of carbonyl (C=O) groups excluding carboxylic acids is 1. The average molecular weight is 366 g/mol. The van der Waals surface area contributed by atoms with Crippen LogP contribution in [0.25, 0.3) is 11.0 Å². The number of aryl methyl sites for hydroxylation is 1. The Balaban J connectivity index is 1.58. The minimum atomic E-state index is -0.228. The van der Waals surface area contributed by atoms with Crippen LogP contribution in [0.1, 0.15) is 0 Å². The van der Waals surface area contributed by atoms with Crippen molar-refractivity contribution in [2.24, 2.45) is 7.05 Å². The standard InChI is InChI=1S/C20H22N4O3/c1-22-17-8-4-5-9-18(17)24(20(22)26)14-19(25)21-15-6-2-3-7-16(15)23-10-12-27-13-11-23/h2-9H,10-14H2,1H3,(H,21,25). The van der Waals surface area contributed by atoms with Crippen LogP contribution in [0, 0.1) is 0 Å². The van der Waals surface area contributed by atoms with E-state index in [1.165, 1.54) is 4.57 Å². The summed E-state index contributed by atoms with van der Waals surface area (Å²) in [4.78, 5) is 27.4. The average Bonchev–Trinajstić information content (AvgIpc) is 2.94. The molecule has 0 unspecified atom stereocenters. The van der Waals surface area contributed by atoms with Crippen molar-refractivity contribution in [1.82, 2.24) is 9.13 Å². The summed E-state index contributed by atoms with van der Waals surface area (Å²) >= 11 is 0. The maximum absolute atomic E-state index is 12.7. The molecule has 1 aromatic heterocycles. The van der Waals surface area contributed by atoms with Gasteiger partial charge in [0.15, 0.2) is 0 Å². The van der Waals surface area contributed by atoms with Crippen LogP contribution < -0.4 is 15.9 Å². The number of hydrogen-bond donors (Lipinski definition) is 1. The number of amides is 1. The molecule has 1 aliphatic rings. The predicted octanol–water partition coefficient (Wildman–Crippen LogP) is 1.82. The summed E-state index contributed by atoms with van der Waals surface area (Å²) in [5.74, 6) is -0.228. The Morgan fingerprint density at radius 1 is 1.04 bits per heavy atom. The molecule has 27 heavy (non-hydrogen) atoms. The number of benzene rings is 2. The van der Waals surface area contributed by atoms with Crippen molar-refractivity contribution in [1.29, 1.82) is 0 Å². The Kier molecular flexibility index (Phi) is 4.68. The predicted molar refractivity (Wildman–Crippen MR) is 105 cm³/mol. The first-order valence-electron chi connectivity index (χ1n) is 9.01. The summed E-state index contributed by atoms with van der Waals surface area (Å²) in [6.07, 6.45) is 0. The van der Waals surface area contributed by atoms with Crippen molar-refractivity contribution in [3.63, 3.8) is 0 Å². The van der Waals surface area contributed by atoms with Crippen LogP contribution in [0.15, 0.2) is 53.3 Å². The second-order valence-electron chi connectivity index (χ2n) is 6.58. The minimum absolute atomic E-state index is 0.0301. The van der Waals surface area contributed by atoms with E-state index in [4.69, 9.17) is 4.74 Å². The topological polar surface area (TPSA) is 68.5 Å². The highest BCUT2D eigenvalue weighted by atomic mass is 16.5. The lowest BCUT2D eigenvalue weighted by atomic mass is 10.2.